The van der Waals surface area contributed by atoms with Crippen molar-refractivity contribution in [2.75, 3.05) is 5.73 Å². The highest BCUT2D eigenvalue weighted by atomic mass is 16.3. The van der Waals surface area contributed by atoms with Crippen molar-refractivity contribution in [3.05, 3.63) is 23.8 Å². The lowest BCUT2D eigenvalue weighted by Crippen LogP contribution is -1.98. The fourth-order valence-corrected chi connectivity index (χ4v) is 0.776. The number of phenols is 1. The van der Waals surface area contributed by atoms with Crippen LogP contribution in [-0.4, -0.2) is 5.11 Å². The molecule has 10 heavy (non-hydrogen) atoms. The minimum Gasteiger partial charge on any atom is -0.505 e. The van der Waals surface area contributed by atoms with Crippen molar-refractivity contribution in [2.45, 2.75) is 6.54 Å². The minimum atomic E-state index is 0.102. The van der Waals surface area contributed by atoms with E-state index in [1.165, 1.54) is 0 Å². The Labute approximate surface area is 59.3 Å². The predicted molar refractivity (Wildman–Crippen MR) is 40.4 cm³/mol. The first-order chi connectivity index (χ1) is 4.75. The number of nitrogen functional groups attached to an aromatic ring is 1. The van der Waals surface area contributed by atoms with Crippen LogP contribution in [0.2, 0.25) is 0 Å². The van der Waals surface area contributed by atoms with Crippen LogP contribution in [0.4, 0.5) is 5.69 Å². The second kappa shape index (κ2) is 2.58. The van der Waals surface area contributed by atoms with Crippen LogP contribution in [-0.2, 0) is 6.54 Å². The van der Waals surface area contributed by atoms with Gasteiger partial charge in [0, 0.05) is 12.1 Å². The molecule has 1 aromatic rings. The summed E-state index contributed by atoms with van der Waals surface area (Å²) < 4.78 is 0. The molecule has 3 nitrogen and oxygen atoms in total. The summed E-state index contributed by atoms with van der Waals surface area (Å²) in [6.07, 6.45) is 0. The Morgan fingerprint density at radius 3 is 2.60 bits per heavy atom. The Kier molecular flexibility index (Phi) is 1.78. The minimum absolute atomic E-state index is 0.102. The third-order valence-electron chi connectivity index (χ3n) is 1.37. The van der Waals surface area contributed by atoms with Crippen molar-refractivity contribution in [2.24, 2.45) is 5.73 Å². The molecule has 1 aromatic carbocycles. The van der Waals surface area contributed by atoms with Crippen molar-refractivity contribution < 1.29 is 5.11 Å². The van der Waals surface area contributed by atoms with Crippen molar-refractivity contribution in [3.8, 4) is 5.75 Å². The van der Waals surface area contributed by atoms with Gasteiger partial charge in [0.05, 0.1) is 5.69 Å². The molecule has 0 spiro atoms. The van der Waals surface area contributed by atoms with Crippen LogP contribution in [0, 0.1) is 0 Å². The van der Waals surface area contributed by atoms with Gasteiger partial charge in [-0.05, 0) is 6.07 Å². The second-order valence-electron chi connectivity index (χ2n) is 2.06. The summed E-state index contributed by atoms with van der Waals surface area (Å²) in [7, 11) is 0. The van der Waals surface area contributed by atoms with Gasteiger partial charge in [0.15, 0.2) is 0 Å². The molecule has 0 bridgehead atoms. The molecule has 0 radical (unpaired) electrons. The summed E-state index contributed by atoms with van der Waals surface area (Å²) in [5.41, 5.74) is 11.8. The van der Waals surface area contributed by atoms with E-state index in [-0.39, 0.29) is 5.75 Å². The molecule has 0 aromatic heterocycles. The highest BCUT2D eigenvalue weighted by Crippen LogP contribution is 2.23. The maximum absolute atomic E-state index is 9.19. The van der Waals surface area contributed by atoms with E-state index in [9.17, 15) is 5.11 Å². The van der Waals surface area contributed by atoms with E-state index in [4.69, 9.17) is 11.5 Å². The molecular weight excluding hydrogens is 128 g/mol. The first-order valence-electron chi connectivity index (χ1n) is 3.02. The summed E-state index contributed by atoms with van der Waals surface area (Å²) in [5, 5.41) is 9.19. The van der Waals surface area contributed by atoms with Crippen LogP contribution >= 0.6 is 0 Å². The summed E-state index contributed by atoms with van der Waals surface area (Å²) >= 11 is 0. The number of para-hydroxylation sites is 1. The molecular formula is C7H10N2O. The molecule has 5 N–H and O–H groups in total. The van der Waals surface area contributed by atoms with Crippen LogP contribution in [0.5, 0.6) is 5.75 Å². The van der Waals surface area contributed by atoms with Crippen molar-refractivity contribution >= 4 is 5.69 Å². The van der Waals surface area contributed by atoms with Gasteiger partial charge in [-0.3, -0.25) is 0 Å². The Hall–Kier alpha value is -1.22. The van der Waals surface area contributed by atoms with Crippen LogP contribution in [0.15, 0.2) is 18.2 Å². The van der Waals surface area contributed by atoms with Gasteiger partial charge in [-0.2, -0.15) is 0 Å². The lowest BCUT2D eigenvalue weighted by atomic mass is 10.2. The number of benzene rings is 1. The lowest BCUT2D eigenvalue weighted by Gasteiger charge is -2.02. The van der Waals surface area contributed by atoms with E-state index in [0.717, 1.165) is 0 Å². The Morgan fingerprint density at radius 1 is 1.40 bits per heavy atom. The van der Waals surface area contributed by atoms with Crippen molar-refractivity contribution in [1.29, 1.82) is 0 Å². The van der Waals surface area contributed by atoms with Gasteiger partial charge in [0.25, 0.3) is 0 Å². The van der Waals surface area contributed by atoms with Crippen LogP contribution in [0.25, 0.3) is 0 Å². The number of rotatable bonds is 1. The molecule has 0 aliphatic heterocycles. The molecule has 0 aliphatic rings. The first kappa shape index (κ1) is 6.89. The standard InChI is InChI=1S/C7H10N2O/c8-4-5-2-1-3-6(9)7(5)10/h1-3,10H,4,8-9H2. The van der Waals surface area contributed by atoms with Gasteiger partial charge >= 0.3 is 0 Å². The number of anilines is 1. The van der Waals surface area contributed by atoms with Gasteiger partial charge in [0.1, 0.15) is 5.75 Å². The number of hydrogen-bond acceptors (Lipinski definition) is 3. The largest absolute Gasteiger partial charge is 0.505 e. The molecule has 0 amide bonds. The fraction of sp³-hybridized carbons (Fsp3) is 0.143. The molecule has 0 fully saturated rings. The van der Waals surface area contributed by atoms with E-state index in [1.807, 2.05) is 0 Å². The van der Waals surface area contributed by atoms with Gasteiger partial charge in [-0.15, -0.1) is 0 Å². The molecule has 0 unspecified atom stereocenters. The van der Waals surface area contributed by atoms with E-state index < -0.39 is 0 Å². The third kappa shape index (κ3) is 1.04. The molecule has 3 heteroatoms. The van der Waals surface area contributed by atoms with Crippen LogP contribution in [0.3, 0.4) is 0 Å². The summed E-state index contributed by atoms with van der Waals surface area (Å²) in [6.45, 7) is 0.316. The zero-order valence-electron chi connectivity index (χ0n) is 5.54. The quantitative estimate of drug-likeness (QED) is 0.389. The van der Waals surface area contributed by atoms with E-state index in [2.05, 4.69) is 0 Å². The van der Waals surface area contributed by atoms with Gasteiger partial charge in [-0.1, -0.05) is 12.1 Å². The average molecular weight is 138 g/mol. The molecule has 0 saturated carbocycles. The van der Waals surface area contributed by atoms with Crippen LogP contribution < -0.4 is 11.5 Å². The van der Waals surface area contributed by atoms with Gasteiger partial charge in [-0.25, -0.2) is 0 Å². The van der Waals surface area contributed by atoms with Crippen molar-refractivity contribution in [1.82, 2.24) is 0 Å². The maximum atomic E-state index is 9.19. The molecule has 0 aliphatic carbocycles. The van der Waals surface area contributed by atoms with E-state index in [1.54, 1.807) is 18.2 Å². The number of hydrogen-bond donors (Lipinski definition) is 3. The fourth-order valence-electron chi connectivity index (χ4n) is 0.776. The highest BCUT2D eigenvalue weighted by molar-refractivity contribution is 5.55. The summed E-state index contributed by atoms with van der Waals surface area (Å²) in [5.74, 6) is 0.102. The van der Waals surface area contributed by atoms with Gasteiger partial charge in [0.2, 0.25) is 0 Å². The Balaban J connectivity index is 3.14. The van der Waals surface area contributed by atoms with E-state index >= 15 is 0 Å². The normalized spacial score (nSPS) is 9.70. The lowest BCUT2D eigenvalue weighted by molar-refractivity contribution is 0.471. The molecule has 1 rings (SSSR count). The topological polar surface area (TPSA) is 72.3 Å². The van der Waals surface area contributed by atoms with Crippen LogP contribution in [0.1, 0.15) is 5.56 Å². The number of aromatic hydroxyl groups is 1. The third-order valence-corrected chi connectivity index (χ3v) is 1.37. The Morgan fingerprint density at radius 2 is 2.10 bits per heavy atom. The number of nitrogens with two attached hydrogens (primary N) is 2. The SMILES string of the molecule is NCc1cccc(N)c1O. The molecule has 0 atom stereocenters. The van der Waals surface area contributed by atoms with E-state index in [0.29, 0.717) is 17.8 Å². The first-order valence-corrected chi connectivity index (χ1v) is 3.02. The highest BCUT2D eigenvalue weighted by Gasteiger charge is 1.99. The molecule has 0 saturated heterocycles. The van der Waals surface area contributed by atoms with Gasteiger partial charge < -0.3 is 16.6 Å². The van der Waals surface area contributed by atoms with Crippen molar-refractivity contribution in [3.63, 3.8) is 0 Å². The average Bonchev–Trinajstić information content (AvgIpc) is 1.95. The molecule has 54 valence electrons. The Bertz CT molecular complexity index is 235. The number of phenolic OH excluding ortho intramolecular Hbond substituents is 1. The molecule has 0 heterocycles. The zero-order valence-corrected chi connectivity index (χ0v) is 5.54. The predicted octanol–water partition coefficient (Wildman–Crippen LogP) is 0.433. The maximum Gasteiger partial charge on any atom is 0.142 e. The summed E-state index contributed by atoms with van der Waals surface area (Å²) in [4.78, 5) is 0. The smallest absolute Gasteiger partial charge is 0.142 e. The monoisotopic (exact) mass is 138 g/mol. The zero-order chi connectivity index (χ0) is 7.56. The summed E-state index contributed by atoms with van der Waals surface area (Å²) in [6, 6.07) is 5.14. The second-order valence-corrected chi connectivity index (χ2v) is 2.06.